The molecule has 0 spiro atoms. The van der Waals surface area contributed by atoms with Crippen LogP contribution in [0.5, 0.6) is 0 Å². The van der Waals surface area contributed by atoms with Crippen molar-refractivity contribution in [1.29, 1.82) is 0 Å². The van der Waals surface area contributed by atoms with Crippen molar-refractivity contribution in [2.24, 2.45) is 0 Å². The maximum Gasteiger partial charge on any atom is 0.319 e. The molecule has 0 radical (unpaired) electrons. The molecule has 0 atom stereocenters. The van der Waals surface area contributed by atoms with E-state index < -0.39 is 0 Å². The minimum absolute atomic E-state index is 0.263. The molecule has 1 aromatic rings. The third-order valence-electron chi connectivity index (χ3n) is 2.44. The first-order valence-electron chi connectivity index (χ1n) is 6.02. The second kappa shape index (κ2) is 8.75. The van der Waals surface area contributed by atoms with E-state index in [1.54, 1.807) is 0 Å². The summed E-state index contributed by atoms with van der Waals surface area (Å²) in [5.41, 5.74) is 1.88. The van der Waals surface area contributed by atoms with Crippen LogP contribution in [0, 0.1) is 0 Å². The van der Waals surface area contributed by atoms with Gasteiger partial charge in [0.25, 0.3) is 0 Å². The van der Waals surface area contributed by atoms with E-state index in [0.29, 0.717) is 18.8 Å². The second-order valence-corrected chi connectivity index (χ2v) is 4.29. The van der Waals surface area contributed by atoms with E-state index in [0.717, 1.165) is 24.1 Å². The minimum atomic E-state index is -0.264. The molecule has 18 heavy (non-hydrogen) atoms. The van der Waals surface area contributed by atoms with Crippen molar-refractivity contribution in [1.82, 2.24) is 5.32 Å². The van der Waals surface area contributed by atoms with Gasteiger partial charge in [0.05, 0.1) is 6.67 Å². The Morgan fingerprint density at radius 1 is 1.22 bits per heavy atom. The maximum absolute atomic E-state index is 11.9. The Kier molecular flexibility index (Phi) is 7.18. The molecule has 5 heteroatoms. The van der Waals surface area contributed by atoms with Gasteiger partial charge in [-0.05, 0) is 37.0 Å². The van der Waals surface area contributed by atoms with Crippen LogP contribution < -0.4 is 10.6 Å². The molecule has 0 saturated carbocycles. The minimum Gasteiger partial charge on any atom is -0.337 e. The predicted molar refractivity (Wildman–Crippen MR) is 73.1 cm³/mol. The van der Waals surface area contributed by atoms with E-state index in [1.807, 2.05) is 24.3 Å². The quantitative estimate of drug-likeness (QED) is 0.580. The van der Waals surface area contributed by atoms with Crippen LogP contribution in [0.15, 0.2) is 24.3 Å². The Balaban J connectivity index is 2.37. The zero-order valence-electron chi connectivity index (χ0n) is 10.2. The molecule has 0 bridgehead atoms. The van der Waals surface area contributed by atoms with Crippen LogP contribution >= 0.6 is 11.6 Å². The molecular weight excluding hydrogens is 255 g/mol. The molecule has 0 saturated heterocycles. The van der Waals surface area contributed by atoms with Crippen LogP contribution in [0.1, 0.15) is 18.4 Å². The molecule has 3 nitrogen and oxygen atoms in total. The number of rotatable bonds is 7. The summed E-state index contributed by atoms with van der Waals surface area (Å²) in [7, 11) is 0. The standard InChI is InChI=1S/C13H18ClFN2O/c14-8-10-16-13(18)17-12-6-4-11(5-7-12)3-1-2-9-15/h4-7H,1-3,8-10H2,(H2,16,17,18). The van der Waals surface area contributed by atoms with Gasteiger partial charge in [-0.25, -0.2) is 4.79 Å². The number of urea groups is 1. The highest BCUT2D eigenvalue weighted by Crippen LogP contribution is 2.11. The Hall–Kier alpha value is -1.29. The molecule has 2 amide bonds. The number of halogens is 2. The molecule has 0 aliphatic rings. The van der Waals surface area contributed by atoms with E-state index >= 15 is 0 Å². The van der Waals surface area contributed by atoms with Gasteiger partial charge in [-0.1, -0.05) is 12.1 Å². The van der Waals surface area contributed by atoms with Gasteiger partial charge in [-0.15, -0.1) is 11.6 Å². The Labute approximate surface area is 112 Å². The van der Waals surface area contributed by atoms with Crippen LogP contribution in [0.3, 0.4) is 0 Å². The Morgan fingerprint density at radius 3 is 2.56 bits per heavy atom. The van der Waals surface area contributed by atoms with Crippen LogP contribution in [0.25, 0.3) is 0 Å². The van der Waals surface area contributed by atoms with E-state index in [1.165, 1.54) is 0 Å². The number of anilines is 1. The smallest absolute Gasteiger partial charge is 0.319 e. The maximum atomic E-state index is 11.9. The highest BCUT2D eigenvalue weighted by atomic mass is 35.5. The van der Waals surface area contributed by atoms with Gasteiger partial charge in [-0.3, -0.25) is 4.39 Å². The van der Waals surface area contributed by atoms with Gasteiger partial charge in [-0.2, -0.15) is 0 Å². The van der Waals surface area contributed by atoms with Gasteiger partial charge in [0, 0.05) is 18.1 Å². The van der Waals surface area contributed by atoms with Crippen LogP contribution in [0.2, 0.25) is 0 Å². The molecule has 2 N–H and O–H groups in total. The summed E-state index contributed by atoms with van der Waals surface area (Å²) in [4.78, 5) is 11.3. The molecule has 0 fully saturated rings. The lowest BCUT2D eigenvalue weighted by Gasteiger charge is -2.07. The highest BCUT2D eigenvalue weighted by molar-refractivity contribution is 6.18. The lowest BCUT2D eigenvalue weighted by molar-refractivity contribution is 0.252. The van der Waals surface area contributed by atoms with Gasteiger partial charge < -0.3 is 10.6 Å². The molecule has 100 valence electrons. The molecule has 0 aromatic heterocycles. The summed E-state index contributed by atoms with van der Waals surface area (Å²) in [6.45, 7) is 0.176. The van der Waals surface area contributed by atoms with Crippen molar-refractivity contribution < 1.29 is 9.18 Å². The number of aryl methyl sites for hydroxylation is 1. The van der Waals surface area contributed by atoms with Crippen molar-refractivity contribution in [2.75, 3.05) is 24.4 Å². The second-order valence-electron chi connectivity index (χ2n) is 3.91. The average molecular weight is 273 g/mol. The van der Waals surface area contributed by atoms with Gasteiger partial charge >= 0.3 is 6.03 Å². The summed E-state index contributed by atoms with van der Waals surface area (Å²) >= 11 is 5.46. The van der Waals surface area contributed by atoms with Crippen molar-refractivity contribution in [3.63, 3.8) is 0 Å². The summed E-state index contributed by atoms with van der Waals surface area (Å²) in [5, 5.41) is 5.32. The number of alkyl halides is 2. The molecule has 0 unspecified atom stereocenters. The van der Waals surface area contributed by atoms with Crippen molar-refractivity contribution in [3.8, 4) is 0 Å². The summed E-state index contributed by atoms with van der Waals surface area (Å²) in [5.74, 6) is 0.390. The molecule has 0 heterocycles. The number of carbonyl (C=O) groups is 1. The lowest BCUT2D eigenvalue weighted by atomic mass is 10.1. The normalized spacial score (nSPS) is 10.1. The van der Waals surface area contributed by atoms with Gasteiger partial charge in [0.1, 0.15) is 0 Å². The third kappa shape index (κ3) is 5.87. The highest BCUT2D eigenvalue weighted by Gasteiger charge is 2.00. The van der Waals surface area contributed by atoms with Crippen molar-refractivity contribution >= 4 is 23.3 Å². The van der Waals surface area contributed by atoms with Crippen LogP contribution in [0.4, 0.5) is 14.9 Å². The number of hydrogen-bond donors (Lipinski definition) is 2. The zero-order valence-corrected chi connectivity index (χ0v) is 11.0. The average Bonchev–Trinajstić information content (AvgIpc) is 2.39. The van der Waals surface area contributed by atoms with E-state index in [4.69, 9.17) is 11.6 Å². The number of carbonyl (C=O) groups excluding carboxylic acids is 1. The Morgan fingerprint density at radius 2 is 1.94 bits per heavy atom. The fourth-order valence-corrected chi connectivity index (χ4v) is 1.61. The third-order valence-corrected chi connectivity index (χ3v) is 2.63. The molecule has 1 rings (SSSR count). The van der Waals surface area contributed by atoms with E-state index in [9.17, 15) is 9.18 Å². The van der Waals surface area contributed by atoms with Crippen molar-refractivity contribution in [3.05, 3.63) is 29.8 Å². The van der Waals surface area contributed by atoms with Crippen LogP contribution in [-0.2, 0) is 6.42 Å². The van der Waals surface area contributed by atoms with Crippen molar-refractivity contribution in [2.45, 2.75) is 19.3 Å². The summed E-state index contributed by atoms with van der Waals surface area (Å²) < 4.78 is 11.9. The molecule has 0 aliphatic heterocycles. The topological polar surface area (TPSA) is 41.1 Å². The number of nitrogens with one attached hydrogen (secondary N) is 2. The van der Waals surface area contributed by atoms with Gasteiger partial charge in [0.2, 0.25) is 0 Å². The summed E-state index contributed by atoms with van der Waals surface area (Å²) in [6, 6.07) is 7.29. The first kappa shape index (κ1) is 14.8. The first-order chi connectivity index (χ1) is 8.76. The monoisotopic (exact) mass is 272 g/mol. The zero-order chi connectivity index (χ0) is 13.2. The summed E-state index contributed by atoms with van der Waals surface area (Å²) in [6.07, 6.45) is 2.31. The number of benzene rings is 1. The lowest BCUT2D eigenvalue weighted by Crippen LogP contribution is -2.30. The fraction of sp³-hybridized carbons (Fsp3) is 0.462. The Bertz CT molecular complexity index is 357. The molecular formula is C13H18ClFN2O. The molecule has 0 aliphatic carbocycles. The molecule has 1 aromatic carbocycles. The number of unbranched alkanes of at least 4 members (excludes halogenated alkanes) is 1. The largest absolute Gasteiger partial charge is 0.337 e. The fourth-order valence-electron chi connectivity index (χ4n) is 1.51. The van der Waals surface area contributed by atoms with Crippen LogP contribution in [-0.4, -0.2) is 25.1 Å². The van der Waals surface area contributed by atoms with E-state index in [-0.39, 0.29) is 12.7 Å². The number of amides is 2. The number of hydrogen-bond acceptors (Lipinski definition) is 1. The van der Waals surface area contributed by atoms with Gasteiger partial charge in [0.15, 0.2) is 0 Å². The SMILES string of the molecule is O=C(NCCCl)Nc1ccc(CCCCF)cc1. The van der Waals surface area contributed by atoms with E-state index in [2.05, 4.69) is 10.6 Å². The predicted octanol–water partition coefficient (Wildman–Crippen LogP) is 3.34. The first-order valence-corrected chi connectivity index (χ1v) is 6.55.